The molecule has 3 rings (SSSR count). The van der Waals surface area contributed by atoms with Crippen LogP contribution in [-0.2, 0) is 16.0 Å². The molecule has 11 heteroatoms. The number of hydrogen-bond donors (Lipinski definition) is 3. The molecular formula is C30H42ClFN4O5. The highest BCUT2D eigenvalue weighted by Gasteiger charge is 2.21. The minimum Gasteiger partial charge on any atom is -0.493 e. The van der Waals surface area contributed by atoms with Gasteiger partial charge in [0.15, 0.2) is 0 Å². The van der Waals surface area contributed by atoms with Crippen molar-refractivity contribution in [3.63, 3.8) is 0 Å². The highest BCUT2D eigenvalue weighted by Crippen LogP contribution is 2.25. The number of nitrogens with zero attached hydrogens (tertiary/aromatic N) is 3. The van der Waals surface area contributed by atoms with Gasteiger partial charge in [-0.1, -0.05) is 24.1 Å². The number of aliphatic hydroxyl groups is 2. The Balaban J connectivity index is 1.25. The summed E-state index contributed by atoms with van der Waals surface area (Å²) < 4.78 is 20.3. The van der Waals surface area contributed by atoms with Crippen LogP contribution in [0.25, 0.3) is 0 Å². The van der Waals surface area contributed by atoms with E-state index in [1.807, 2.05) is 0 Å². The first-order valence-corrected chi connectivity index (χ1v) is 14.9. The van der Waals surface area contributed by atoms with Crippen molar-refractivity contribution in [2.24, 2.45) is 11.8 Å². The van der Waals surface area contributed by atoms with E-state index in [2.05, 4.69) is 20.2 Å². The summed E-state index contributed by atoms with van der Waals surface area (Å²) in [6.45, 7) is 2.39. The number of aliphatic hydroxyl groups excluding tert-OH is 2. The fraction of sp³-hybridized carbons (Fsp3) is 0.600. The predicted octanol–water partition coefficient (Wildman–Crippen LogP) is 4.12. The highest BCUT2D eigenvalue weighted by molar-refractivity contribution is 6.30. The van der Waals surface area contributed by atoms with Gasteiger partial charge in [0.05, 0.1) is 30.4 Å². The van der Waals surface area contributed by atoms with Gasteiger partial charge in [0.2, 0.25) is 11.9 Å². The molecule has 0 saturated carbocycles. The van der Waals surface area contributed by atoms with Crippen LogP contribution in [0.4, 0.5) is 10.3 Å². The first kappa shape index (κ1) is 32.7. The van der Waals surface area contributed by atoms with Crippen molar-refractivity contribution in [3.05, 3.63) is 47.0 Å². The van der Waals surface area contributed by atoms with Crippen molar-refractivity contribution in [3.8, 4) is 5.75 Å². The summed E-state index contributed by atoms with van der Waals surface area (Å²) in [5, 5.41) is 21.4. The standard InChI is InChI=1S/C30H42ClFN4O5/c31-25-18-34-30(35-19-25)36-12-9-22(10-13-36)5-4-14-41-27-8-7-24(28(32)17-27)16-29(40)33-11-3-1-2-6-26(39)15-23(20-37)21-38/h7-8,17-19,22-23,37-38H,1-6,9-16,20-21H2,(H,33,40). The zero-order valence-corrected chi connectivity index (χ0v) is 24.3. The van der Waals surface area contributed by atoms with Crippen LogP contribution in [-0.4, -0.2) is 71.3 Å². The number of benzene rings is 1. The van der Waals surface area contributed by atoms with Crippen LogP contribution >= 0.6 is 11.6 Å². The van der Waals surface area contributed by atoms with E-state index >= 15 is 0 Å². The number of unbranched alkanes of at least 4 members (excludes halogenated alkanes) is 2. The number of nitrogens with one attached hydrogen (secondary N) is 1. The predicted molar refractivity (Wildman–Crippen MR) is 156 cm³/mol. The maximum absolute atomic E-state index is 14.6. The highest BCUT2D eigenvalue weighted by atomic mass is 35.5. The molecule has 1 aromatic carbocycles. The Bertz CT molecular complexity index is 1080. The molecule has 0 atom stereocenters. The lowest BCUT2D eigenvalue weighted by atomic mass is 9.92. The first-order valence-electron chi connectivity index (χ1n) is 14.5. The molecule has 9 nitrogen and oxygen atoms in total. The molecule has 1 aliphatic heterocycles. The molecule has 226 valence electrons. The average Bonchev–Trinajstić information content (AvgIpc) is 2.98. The maximum Gasteiger partial charge on any atom is 0.225 e. The number of Topliss-reactive ketones (excluding diaryl/α,β-unsaturated/α-hetero) is 1. The van der Waals surface area contributed by atoms with Crippen molar-refractivity contribution in [1.29, 1.82) is 0 Å². The number of ether oxygens (including phenoxy) is 1. The van der Waals surface area contributed by atoms with Crippen molar-refractivity contribution >= 4 is 29.2 Å². The van der Waals surface area contributed by atoms with E-state index < -0.39 is 5.82 Å². The summed E-state index contributed by atoms with van der Waals surface area (Å²) >= 11 is 5.87. The molecule has 0 unspecified atom stereocenters. The van der Waals surface area contributed by atoms with E-state index in [0.29, 0.717) is 60.6 Å². The number of hydrogen-bond acceptors (Lipinski definition) is 8. The Hall–Kier alpha value is -2.82. The van der Waals surface area contributed by atoms with Crippen LogP contribution < -0.4 is 15.0 Å². The van der Waals surface area contributed by atoms with Crippen LogP contribution in [0.2, 0.25) is 5.02 Å². The van der Waals surface area contributed by atoms with Gasteiger partial charge in [-0.15, -0.1) is 0 Å². The van der Waals surface area contributed by atoms with E-state index in [1.54, 1.807) is 24.5 Å². The summed E-state index contributed by atoms with van der Waals surface area (Å²) in [7, 11) is 0. The monoisotopic (exact) mass is 592 g/mol. The van der Waals surface area contributed by atoms with E-state index in [-0.39, 0.29) is 43.7 Å². The summed E-state index contributed by atoms with van der Waals surface area (Å²) in [5.41, 5.74) is 0.319. The molecule has 3 N–H and O–H groups in total. The molecule has 0 bridgehead atoms. The van der Waals surface area contributed by atoms with E-state index in [4.69, 9.17) is 26.6 Å². The molecule has 1 aliphatic rings. The fourth-order valence-corrected chi connectivity index (χ4v) is 5.01. The van der Waals surface area contributed by atoms with E-state index in [0.717, 1.165) is 45.2 Å². The van der Waals surface area contributed by atoms with Crippen LogP contribution in [0.5, 0.6) is 5.75 Å². The molecule has 0 radical (unpaired) electrons. The van der Waals surface area contributed by atoms with E-state index in [1.165, 1.54) is 6.07 Å². The van der Waals surface area contributed by atoms with Crippen molar-refractivity contribution < 1.29 is 28.9 Å². The normalized spacial score (nSPS) is 13.9. The number of amides is 1. The Morgan fingerprint density at radius 3 is 2.51 bits per heavy atom. The number of anilines is 1. The largest absolute Gasteiger partial charge is 0.493 e. The smallest absolute Gasteiger partial charge is 0.225 e. The average molecular weight is 593 g/mol. The van der Waals surface area contributed by atoms with Crippen molar-refractivity contribution in [2.75, 3.05) is 44.4 Å². The summed E-state index contributed by atoms with van der Waals surface area (Å²) in [4.78, 5) is 34.8. The third-order valence-electron chi connectivity index (χ3n) is 7.39. The fourth-order valence-electron chi connectivity index (χ4n) is 4.91. The zero-order chi connectivity index (χ0) is 29.5. The number of halogens is 2. The maximum atomic E-state index is 14.6. The molecule has 2 heterocycles. The number of carbonyl (C=O) groups excluding carboxylic acids is 2. The molecule has 0 aliphatic carbocycles. The minimum absolute atomic E-state index is 0.0208. The van der Waals surface area contributed by atoms with Gasteiger partial charge in [-0.2, -0.15) is 0 Å². The second-order valence-electron chi connectivity index (χ2n) is 10.7. The second kappa shape index (κ2) is 17.9. The SMILES string of the molecule is O=C(CCCCCNC(=O)Cc1ccc(OCCCC2CCN(c3ncc(Cl)cn3)CC2)cc1F)CC(CO)CO. The van der Waals surface area contributed by atoms with Gasteiger partial charge in [-0.25, -0.2) is 14.4 Å². The molecule has 41 heavy (non-hydrogen) atoms. The molecule has 1 amide bonds. The van der Waals surface area contributed by atoms with Gasteiger partial charge in [-0.05, 0) is 56.1 Å². The van der Waals surface area contributed by atoms with Crippen LogP contribution in [0, 0.1) is 17.7 Å². The summed E-state index contributed by atoms with van der Waals surface area (Å²) in [6, 6.07) is 4.63. The molecule has 1 saturated heterocycles. The van der Waals surface area contributed by atoms with Crippen molar-refractivity contribution in [2.45, 2.75) is 64.2 Å². The molecule has 0 spiro atoms. The molecular weight excluding hydrogens is 551 g/mol. The number of ketones is 1. The Morgan fingerprint density at radius 2 is 1.83 bits per heavy atom. The van der Waals surface area contributed by atoms with Gasteiger partial charge in [0.25, 0.3) is 0 Å². The zero-order valence-electron chi connectivity index (χ0n) is 23.6. The molecule has 2 aromatic rings. The Labute approximate surface area is 246 Å². The third-order valence-corrected chi connectivity index (χ3v) is 7.59. The lowest BCUT2D eigenvalue weighted by Gasteiger charge is -2.31. The number of rotatable bonds is 18. The van der Waals surface area contributed by atoms with Crippen LogP contribution in [0.3, 0.4) is 0 Å². The minimum atomic E-state index is -0.461. The Morgan fingerprint density at radius 1 is 1.10 bits per heavy atom. The third kappa shape index (κ3) is 11.9. The summed E-state index contributed by atoms with van der Waals surface area (Å²) in [6.07, 6.45) is 9.99. The van der Waals surface area contributed by atoms with Gasteiger partial charge in [0.1, 0.15) is 17.3 Å². The van der Waals surface area contributed by atoms with Crippen LogP contribution in [0.15, 0.2) is 30.6 Å². The number of aromatic nitrogens is 2. The topological polar surface area (TPSA) is 125 Å². The lowest BCUT2D eigenvalue weighted by Crippen LogP contribution is -2.34. The van der Waals surface area contributed by atoms with Gasteiger partial charge in [0, 0.05) is 57.7 Å². The summed E-state index contributed by atoms with van der Waals surface area (Å²) in [5.74, 6) is 0.702. The second-order valence-corrected chi connectivity index (χ2v) is 11.1. The van der Waals surface area contributed by atoms with Crippen molar-refractivity contribution in [1.82, 2.24) is 15.3 Å². The lowest BCUT2D eigenvalue weighted by molar-refractivity contribution is -0.121. The number of carbonyl (C=O) groups is 2. The first-order chi connectivity index (χ1) is 19.9. The Kier molecular flexibility index (Phi) is 14.3. The van der Waals surface area contributed by atoms with E-state index in [9.17, 15) is 14.0 Å². The van der Waals surface area contributed by atoms with Gasteiger partial charge >= 0.3 is 0 Å². The van der Waals surface area contributed by atoms with Gasteiger partial charge < -0.3 is 25.2 Å². The molecule has 1 aromatic heterocycles. The quantitative estimate of drug-likeness (QED) is 0.221. The van der Waals surface area contributed by atoms with Crippen LogP contribution in [0.1, 0.15) is 63.4 Å². The van der Waals surface area contributed by atoms with Gasteiger partial charge in [-0.3, -0.25) is 9.59 Å². The molecule has 1 fully saturated rings. The number of piperidine rings is 1.